The van der Waals surface area contributed by atoms with Gasteiger partial charge in [-0.15, -0.1) is 0 Å². The van der Waals surface area contributed by atoms with Crippen molar-refractivity contribution in [2.24, 2.45) is 22.7 Å². The number of Topliss-reactive ketones (excluding diaryl/α,β-unsaturated/α-hetero) is 1. The topological polar surface area (TPSA) is 66.4 Å². The third kappa shape index (κ3) is 4.09. The maximum Gasteiger partial charge on any atom is 0.232 e. The Morgan fingerprint density at radius 1 is 1.15 bits per heavy atom. The van der Waals surface area contributed by atoms with Gasteiger partial charge in [0, 0.05) is 17.3 Å². The fourth-order valence-corrected chi connectivity index (χ4v) is 6.26. The number of allylic oxidation sites excluding steroid dienone is 4. The van der Waals surface area contributed by atoms with Crippen molar-refractivity contribution in [2.75, 3.05) is 5.32 Å². The van der Waals surface area contributed by atoms with Crippen LogP contribution < -0.4 is 5.32 Å². The maximum absolute atomic E-state index is 13.0. The first kappa shape index (κ1) is 23.5. The number of fused-ring (bicyclic) bond motifs is 1. The number of benzene rings is 1. The van der Waals surface area contributed by atoms with Crippen molar-refractivity contribution in [3.8, 4) is 0 Å². The first-order valence-corrected chi connectivity index (χ1v) is 12.4. The van der Waals surface area contributed by atoms with Gasteiger partial charge in [-0.2, -0.15) is 0 Å². The number of hydrogen-bond acceptors (Lipinski definition) is 4. The van der Waals surface area contributed by atoms with E-state index in [-0.39, 0.29) is 22.2 Å². The lowest BCUT2D eigenvalue weighted by molar-refractivity contribution is -0.132. The summed E-state index contributed by atoms with van der Waals surface area (Å²) in [4.78, 5) is 25.7. The number of aliphatic hydroxyl groups is 1. The Kier molecular flexibility index (Phi) is 6.15. The number of aryl methyl sites for hydroxylation is 1. The number of para-hydroxylation sites is 1. The summed E-state index contributed by atoms with van der Waals surface area (Å²) in [6.07, 6.45) is 9.31. The Labute approximate surface area is 197 Å². The average molecular weight is 448 g/mol. The van der Waals surface area contributed by atoms with Crippen molar-refractivity contribution in [1.82, 2.24) is 0 Å². The molecule has 0 unspecified atom stereocenters. The molecule has 176 valence electrons. The molecular weight excluding hydrogens is 410 g/mol. The highest BCUT2D eigenvalue weighted by Crippen LogP contribution is 2.58. The number of aliphatic hydroxyl groups excluding tert-OH is 1. The summed E-state index contributed by atoms with van der Waals surface area (Å²) in [6.45, 7) is 11.2. The highest BCUT2D eigenvalue weighted by Gasteiger charge is 2.49. The van der Waals surface area contributed by atoms with Crippen LogP contribution >= 0.6 is 0 Å². The zero-order valence-electron chi connectivity index (χ0n) is 20.6. The second-order valence-electron chi connectivity index (χ2n) is 11.0. The van der Waals surface area contributed by atoms with Crippen molar-refractivity contribution in [3.05, 3.63) is 64.6 Å². The van der Waals surface area contributed by atoms with Gasteiger partial charge in [0.15, 0.2) is 0 Å². The Morgan fingerprint density at radius 2 is 1.88 bits per heavy atom. The molecule has 3 aliphatic rings. The second-order valence-corrected chi connectivity index (χ2v) is 11.0. The van der Waals surface area contributed by atoms with Crippen LogP contribution in [0.4, 0.5) is 5.69 Å². The number of ketones is 2. The highest BCUT2D eigenvalue weighted by molar-refractivity contribution is 6.48. The lowest BCUT2D eigenvalue weighted by atomic mass is 9.51. The molecule has 4 rings (SSSR count). The molecule has 4 nitrogen and oxygen atoms in total. The van der Waals surface area contributed by atoms with Gasteiger partial charge in [-0.25, -0.2) is 0 Å². The van der Waals surface area contributed by atoms with E-state index in [9.17, 15) is 14.7 Å². The van der Waals surface area contributed by atoms with Gasteiger partial charge in [0.25, 0.3) is 0 Å². The minimum Gasteiger partial charge on any atom is -0.505 e. The molecule has 3 atom stereocenters. The van der Waals surface area contributed by atoms with Crippen LogP contribution in [0.2, 0.25) is 0 Å². The zero-order valence-corrected chi connectivity index (χ0v) is 20.6. The van der Waals surface area contributed by atoms with Crippen molar-refractivity contribution in [3.63, 3.8) is 0 Å². The molecule has 0 amide bonds. The van der Waals surface area contributed by atoms with Crippen LogP contribution in [0.15, 0.2) is 59.0 Å². The second kappa shape index (κ2) is 8.62. The molecule has 2 N–H and O–H groups in total. The van der Waals surface area contributed by atoms with E-state index in [0.29, 0.717) is 24.0 Å². The predicted octanol–water partition coefficient (Wildman–Crippen LogP) is 6.70. The van der Waals surface area contributed by atoms with Crippen molar-refractivity contribution in [1.29, 1.82) is 0 Å². The molecule has 3 aliphatic carbocycles. The molecule has 1 saturated carbocycles. The Hall–Kier alpha value is -2.62. The first-order valence-electron chi connectivity index (χ1n) is 12.4. The summed E-state index contributed by atoms with van der Waals surface area (Å²) < 4.78 is 0. The zero-order chi connectivity index (χ0) is 24.0. The van der Waals surface area contributed by atoms with Gasteiger partial charge in [0.05, 0.1) is 5.70 Å². The van der Waals surface area contributed by atoms with Gasteiger partial charge in [-0.05, 0) is 66.4 Å². The molecule has 0 aromatic heterocycles. The van der Waals surface area contributed by atoms with E-state index in [1.54, 1.807) is 0 Å². The molecule has 1 fully saturated rings. The molecule has 0 aliphatic heterocycles. The molecule has 0 heterocycles. The van der Waals surface area contributed by atoms with Crippen molar-refractivity contribution in [2.45, 2.75) is 73.1 Å². The van der Waals surface area contributed by atoms with E-state index in [2.05, 4.69) is 46.0 Å². The van der Waals surface area contributed by atoms with Crippen LogP contribution in [-0.4, -0.2) is 16.7 Å². The van der Waals surface area contributed by atoms with E-state index in [1.165, 1.54) is 18.1 Å². The number of nitrogens with one attached hydrogen (secondary N) is 1. The van der Waals surface area contributed by atoms with Gasteiger partial charge in [0.2, 0.25) is 11.6 Å². The molecule has 0 bridgehead atoms. The van der Waals surface area contributed by atoms with E-state index < -0.39 is 11.6 Å². The number of rotatable bonds is 5. The fraction of sp³-hybridized carbons (Fsp3) is 0.517. The summed E-state index contributed by atoms with van der Waals surface area (Å²) in [7, 11) is 0. The third-order valence-electron chi connectivity index (χ3n) is 8.60. The molecular formula is C29H37NO3. The number of anilines is 1. The third-order valence-corrected chi connectivity index (χ3v) is 8.60. The Morgan fingerprint density at radius 3 is 2.61 bits per heavy atom. The molecule has 1 aromatic carbocycles. The summed E-state index contributed by atoms with van der Waals surface area (Å²) in [5.74, 6) is -0.500. The lowest BCUT2D eigenvalue weighted by Gasteiger charge is -2.53. The van der Waals surface area contributed by atoms with Gasteiger partial charge >= 0.3 is 0 Å². The first-order chi connectivity index (χ1) is 15.6. The monoisotopic (exact) mass is 447 g/mol. The smallest absolute Gasteiger partial charge is 0.232 e. The normalized spacial score (nSPS) is 29.4. The lowest BCUT2D eigenvalue weighted by Crippen LogP contribution is -2.44. The van der Waals surface area contributed by atoms with Crippen LogP contribution in [0.3, 0.4) is 0 Å². The number of carbonyl (C=O) groups is 2. The van der Waals surface area contributed by atoms with Gasteiger partial charge in [-0.3, -0.25) is 9.59 Å². The van der Waals surface area contributed by atoms with E-state index >= 15 is 0 Å². The number of hydrogen-bond donors (Lipinski definition) is 2. The van der Waals surface area contributed by atoms with Crippen molar-refractivity contribution < 1.29 is 14.7 Å². The summed E-state index contributed by atoms with van der Waals surface area (Å²) in [5.41, 5.74) is 3.98. The minimum absolute atomic E-state index is 0.0786. The average Bonchev–Trinajstić information content (AvgIpc) is 2.78. The van der Waals surface area contributed by atoms with Gasteiger partial charge in [-0.1, -0.05) is 70.9 Å². The summed E-state index contributed by atoms with van der Waals surface area (Å²) in [5, 5.41) is 14.5. The summed E-state index contributed by atoms with van der Waals surface area (Å²) >= 11 is 0. The van der Waals surface area contributed by atoms with Crippen LogP contribution in [0.1, 0.15) is 72.3 Å². The van der Waals surface area contributed by atoms with Crippen molar-refractivity contribution >= 4 is 17.3 Å². The van der Waals surface area contributed by atoms with Crippen LogP contribution in [0.25, 0.3) is 0 Å². The van der Waals surface area contributed by atoms with E-state index in [4.69, 9.17) is 0 Å². The van der Waals surface area contributed by atoms with Gasteiger partial charge < -0.3 is 10.4 Å². The van der Waals surface area contributed by atoms with E-state index in [0.717, 1.165) is 36.9 Å². The van der Waals surface area contributed by atoms with Crippen LogP contribution in [0.5, 0.6) is 0 Å². The SMILES string of the molecule is CCc1ccccc1NC1=CC(=O)C(=O)C(C[C@@]2(C)[C@@H]3CCCC(C)(C)C3=CC[C@@H]2C)=C1O. The molecule has 33 heavy (non-hydrogen) atoms. The standard InChI is InChI=1S/C29H37NO3/c1-6-19-10-7-8-12-23(19)30-24-16-25(31)27(33)20(26(24)32)17-29(5)18(2)13-14-21-22(29)11-9-15-28(21,3)4/h7-8,10,12,14,16,18,22,30,32H,6,9,11,13,15,17H2,1-5H3/t18-,22+,29+/m0/s1. The predicted molar refractivity (Wildman–Crippen MR) is 133 cm³/mol. The molecule has 4 heteroatoms. The minimum atomic E-state index is -0.568. The quantitative estimate of drug-likeness (QED) is 0.299. The molecule has 0 saturated heterocycles. The largest absolute Gasteiger partial charge is 0.505 e. The maximum atomic E-state index is 13.0. The van der Waals surface area contributed by atoms with E-state index in [1.807, 2.05) is 24.3 Å². The summed E-state index contributed by atoms with van der Waals surface area (Å²) in [6, 6.07) is 7.84. The van der Waals surface area contributed by atoms with Gasteiger partial charge in [0.1, 0.15) is 5.76 Å². The highest BCUT2D eigenvalue weighted by atomic mass is 16.3. The van der Waals surface area contributed by atoms with Crippen LogP contribution in [-0.2, 0) is 16.0 Å². The number of carbonyl (C=O) groups excluding carboxylic acids is 2. The van der Waals surface area contributed by atoms with Crippen LogP contribution in [0, 0.1) is 22.7 Å². The Bertz CT molecular complexity index is 1070. The molecule has 0 spiro atoms. The Balaban J connectivity index is 1.70. The molecule has 1 aromatic rings. The molecule has 0 radical (unpaired) electrons. The fourth-order valence-electron chi connectivity index (χ4n) is 6.26.